The normalized spacial score (nSPS) is 20.2. The van der Waals surface area contributed by atoms with Gasteiger partial charge in [0, 0.05) is 24.8 Å². The third kappa shape index (κ3) is 2.66. The summed E-state index contributed by atoms with van der Waals surface area (Å²) in [6, 6.07) is 17.1. The molecule has 118 valence electrons. The minimum atomic E-state index is 0.224. The number of carbonyl (C=O) groups is 1. The van der Waals surface area contributed by atoms with E-state index in [4.69, 9.17) is 0 Å². The summed E-state index contributed by atoms with van der Waals surface area (Å²) >= 11 is 0. The van der Waals surface area contributed by atoms with Crippen molar-refractivity contribution in [2.75, 3.05) is 18.0 Å². The first-order chi connectivity index (χ1) is 11.2. The molecular weight excluding hydrogens is 284 g/mol. The predicted octanol–water partition coefficient (Wildman–Crippen LogP) is 3.02. The molecule has 1 amide bonds. The number of benzene rings is 2. The first kappa shape index (κ1) is 14.5. The molecule has 0 N–H and O–H groups in total. The lowest BCUT2D eigenvalue weighted by molar-refractivity contribution is -0.120. The van der Waals surface area contributed by atoms with Crippen molar-refractivity contribution in [2.24, 2.45) is 0 Å². The van der Waals surface area contributed by atoms with E-state index < -0.39 is 0 Å². The Morgan fingerprint density at radius 1 is 1.04 bits per heavy atom. The Hall–Kier alpha value is -2.13. The lowest BCUT2D eigenvalue weighted by atomic mass is 10.00. The van der Waals surface area contributed by atoms with Gasteiger partial charge in [-0.2, -0.15) is 0 Å². The number of rotatable bonds is 2. The summed E-state index contributed by atoms with van der Waals surface area (Å²) in [6.45, 7) is 4.49. The summed E-state index contributed by atoms with van der Waals surface area (Å²) in [4.78, 5) is 17.2. The van der Waals surface area contributed by atoms with E-state index >= 15 is 0 Å². The first-order valence-corrected chi connectivity index (χ1v) is 8.41. The van der Waals surface area contributed by atoms with Gasteiger partial charge in [0.25, 0.3) is 0 Å². The van der Waals surface area contributed by atoms with Crippen molar-refractivity contribution in [3.05, 3.63) is 65.2 Å². The minimum absolute atomic E-state index is 0.224. The summed E-state index contributed by atoms with van der Waals surface area (Å²) in [7, 11) is 0. The van der Waals surface area contributed by atoms with E-state index in [1.807, 2.05) is 11.0 Å². The first-order valence-electron chi connectivity index (χ1n) is 8.41. The monoisotopic (exact) mass is 306 g/mol. The molecule has 2 aliphatic heterocycles. The van der Waals surface area contributed by atoms with Crippen LogP contribution in [0.4, 0.5) is 5.69 Å². The molecule has 2 heterocycles. The van der Waals surface area contributed by atoms with Gasteiger partial charge < -0.3 is 4.90 Å². The molecule has 2 aromatic rings. The van der Waals surface area contributed by atoms with Crippen molar-refractivity contribution >= 4 is 11.6 Å². The van der Waals surface area contributed by atoms with E-state index in [9.17, 15) is 4.79 Å². The van der Waals surface area contributed by atoms with E-state index in [1.54, 1.807) is 0 Å². The van der Waals surface area contributed by atoms with Gasteiger partial charge in [-0.25, -0.2) is 0 Å². The van der Waals surface area contributed by atoms with Crippen LogP contribution in [-0.4, -0.2) is 29.9 Å². The van der Waals surface area contributed by atoms with Crippen LogP contribution >= 0.6 is 0 Å². The SMILES string of the molecule is C[C@@H]1Cc2ccccc2N1C(=O)CN1CCc2ccccc2C1. The average Bonchev–Trinajstić information content (AvgIpc) is 2.90. The number of fused-ring (bicyclic) bond motifs is 2. The smallest absolute Gasteiger partial charge is 0.241 e. The maximum absolute atomic E-state index is 12.9. The van der Waals surface area contributed by atoms with Gasteiger partial charge in [0.1, 0.15) is 0 Å². The fourth-order valence-corrected chi connectivity index (χ4v) is 3.90. The van der Waals surface area contributed by atoms with Crippen LogP contribution in [0.3, 0.4) is 0 Å². The molecule has 0 unspecified atom stereocenters. The molecule has 0 aliphatic carbocycles. The molecule has 3 heteroatoms. The highest BCUT2D eigenvalue weighted by Gasteiger charge is 2.31. The molecule has 23 heavy (non-hydrogen) atoms. The fraction of sp³-hybridized carbons (Fsp3) is 0.350. The molecule has 0 radical (unpaired) electrons. The highest BCUT2D eigenvalue weighted by molar-refractivity contribution is 5.97. The van der Waals surface area contributed by atoms with E-state index in [-0.39, 0.29) is 11.9 Å². The highest BCUT2D eigenvalue weighted by atomic mass is 16.2. The van der Waals surface area contributed by atoms with Gasteiger partial charge in [0.05, 0.1) is 6.54 Å². The number of anilines is 1. The summed E-state index contributed by atoms with van der Waals surface area (Å²) in [5.74, 6) is 0.224. The Morgan fingerprint density at radius 2 is 1.74 bits per heavy atom. The summed E-state index contributed by atoms with van der Waals surface area (Å²) < 4.78 is 0. The van der Waals surface area contributed by atoms with E-state index in [0.29, 0.717) is 6.54 Å². The molecule has 0 saturated carbocycles. The standard InChI is InChI=1S/C20H22N2O/c1-15-12-17-7-4-5-9-19(17)22(15)20(23)14-21-11-10-16-6-2-3-8-18(16)13-21/h2-9,15H,10-14H2,1H3/t15-/m1/s1. The molecular formula is C20H22N2O. The Labute approximate surface area is 137 Å². The molecule has 1 atom stereocenters. The van der Waals surface area contributed by atoms with Crippen LogP contribution in [0.5, 0.6) is 0 Å². The second-order valence-corrected chi connectivity index (χ2v) is 6.67. The number of nitrogens with zero attached hydrogens (tertiary/aromatic N) is 2. The Morgan fingerprint density at radius 3 is 2.57 bits per heavy atom. The molecule has 4 rings (SSSR count). The number of hydrogen-bond acceptors (Lipinski definition) is 2. The van der Waals surface area contributed by atoms with Crippen LogP contribution in [0.1, 0.15) is 23.6 Å². The number of hydrogen-bond donors (Lipinski definition) is 0. The van der Waals surface area contributed by atoms with Gasteiger partial charge in [-0.3, -0.25) is 9.69 Å². The van der Waals surface area contributed by atoms with Crippen molar-refractivity contribution in [3.8, 4) is 0 Å². The van der Waals surface area contributed by atoms with Crippen LogP contribution in [-0.2, 0) is 24.2 Å². The zero-order valence-electron chi connectivity index (χ0n) is 13.5. The Bertz CT molecular complexity index is 740. The Balaban J connectivity index is 1.49. The predicted molar refractivity (Wildman–Crippen MR) is 92.5 cm³/mol. The number of amides is 1. The van der Waals surface area contributed by atoms with E-state index in [1.165, 1.54) is 16.7 Å². The molecule has 0 bridgehead atoms. The molecule has 3 nitrogen and oxygen atoms in total. The molecule has 2 aliphatic rings. The number of para-hydroxylation sites is 1. The van der Waals surface area contributed by atoms with Crippen LogP contribution in [0, 0.1) is 0 Å². The lowest BCUT2D eigenvalue weighted by Gasteiger charge is -2.31. The number of carbonyl (C=O) groups excluding carboxylic acids is 1. The van der Waals surface area contributed by atoms with Gasteiger partial charge in [0.15, 0.2) is 0 Å². The quantitative estimate of drug-likeness (QED) is 0.851. The zero-order chi connectivity index (χ0) is 15.8. The summed E-state index contributed by atoms with van der Waals surface area (Å²) in [6.07, 6.45) is 2.00. The topological polar surface area (TPSA) is 23.6 Å². The third-order valence-electron chi connectivity index (χ3n) is 5.04. The molecule has 0 saturated heterocycles. The van der Waals surface area contributed by atoms with Crippen LogP contribution < -0.4 is 4.90 Å². The van der Waals surface area contributed by atoms with Crippen molar-refractivity contribution in [1.29, 1.82) is 0 Å². The fourth-order valence-electron chi connectivity index (χ4n) is 3.90. The van der Waals surface area contributed by atoms with Crippen molar-refractivity contribution in [2.45, 2.75) is 32.4 Å². The summed E-state index contributed by atoms with van der Waals surface area (Å²) in [5.41, 5.74) is 5.18. The Kier molecular flexibility index (Phi) is 3.66. The second-order valence-electron chi connectivity index (χ2n) is 6.67. The van der Waals surface area contributed by atoms with Crippen molar-refractivity contribution in [3.63, 3.8) is 0 Å². The minimum Gasteiger partial charge on any atom is -0.308 e. The van der Waals surface area contributed by atoms with Crippen molar-refractivity contribution < 1.29 is 4.79 Å². The van der Waals surface area contributed by atoms with Gasteiger partial charge in [0.2, 0.25) is 5.91 Å². The van der Waals surface area contributed by atoms with E-state index in [0.717, 1.165) is 31.6 Å². The van der Waals surface area contributed by atoms with Gasteiger partial charge in [-0.15, -0.1) is 0 Å². The lowest BCUT2D eigenvalue weighted by Crippen LogP contribution is -2.44. The third-order valence-corrected chi connectivity index (χ3v) is 5.04. The summed E-state index contributed by atoms with van der Waals surface area (Å²) in [5, 5.41) is 0. The molecule has 0 spiro atoms. The van der Waals surface area contributed by atoms with Crippen LogP contribution in [0.2, 0.25) is 0 Å². The van der Waals surface area contributed by atoms with Gasteiger partial charge in [-0.05, 0) is 42.5 Å². The average molecular weight is 306 g/mol. The van der Waals surface area contributed by atoms with E-state index in [2.05, 4.69) is 54.3 Å². The largest absolute Gasteiger partial charge is 0.308 e. The molecule has 0 aromatic heterocycles. The maximum atomic E-state index is 12.9. The van der Waals surface area contributed by atoms with Crippen LogP contribution in [0.25, 0.3) is 0 Å². The highest BCUT2D eigenvalue weighted by Crippen LogP contribution is 2.32. The zero-order valence-corrected chi connectivity index (χ0v) is 13.5. The van der Waals surface area contributed by atoms with Gasteiger partial charge >= 0.3 is 0 Å². The van der Waals surface area contributed by atoms with Gasteiger partial charge in [-0.1, -0.05) is 42.5 Å². The molecule has 2 aromatic carbocycles. The van der Waals surface area contributed by atoms with Crippen LogP contribution in [0.15, 0.2) is 48.5 Å². The maximum Gasteiger partial charge on any atom is 0.241 e. The second kappa shape index (κ2) is 5.82. The molecule has 0 fully saturated rings. The van der Waals surface area contributed by atoms with Crippen molar-refractivity contribution in [1.82, 2.24) is 4.90 Å².